The first-order chi connectivity index (χ1) is 13.5. The average Bonchev–Trinajstić information content (AvgIpc) is 2.74. The molecule has 0 aliphatic rings. The SMILES string of the molecule is N#Cc1cc(-c2cnc(-c3cc(C#N)c(F)c(C#N)c3)cn2)cc(C#N)c1F. The van der Waals surface area contributed by atoms with Crippen LogP contribution >= 0.6 is 0 Å². The number of nitriles is 4. The number of nitrogens with zero attached hydrogens (tertiary/aromatic N) is 6. The van der Waals surface area contributed by atoms with Crippen LogP contribution in [0.2, 0.25) is 0 Å². The zero-order valence-corrected chi connectivity index (χ0v) is 13.9. The van der Waals surface area contributed by atoms with Gasteiger partial charge in [0.2, 0.25) is 0 Å². The first-order valence-electron chi connectivity index (χ1n) is 7.62. The topological polar surface area (TPSA) is 121 Å². The lowest BCUT2D eigenvalue weighted by Crippen LogP contribution is -1.96. The van der Waals surface area contributed by atoms with Crippen molar-refractivity contribution in [3.63, 3.8) is 0 Å². The Morgan fingerprint density at radius 1 is 0.571 bits per heavy atom. The molecule has 3 rings (SSSR count). The molecule has 0 N–H and O–H groups in total. The minimum Gasteiger partial charge on any atom is -0.252 e. The van der Waals surface area contributed by atoms with Crippen molar-refractivity contribution in [2.45, 2.75) is 0 Å². The summed E-state index contributed by atoms with van der Waals surface area (Å²) in [6.45, 7) is 0. The molecule has 0 aliphatic heterocycles. The molecule has 130 valence electrons. The summed E-state index contributed by atoms with van der Waals surface area (Å²) in [5.41, 5.74) is 0.0176. The van der Waals surface area contributed by atoms with Crippen molar-refractivity contribution >= 4 is 0 Å². The summed E-state index contributed by atoms with van der Waals surface area (Å²) in [4.78, 5) is 8.35. The minimum atomic E-state index is -0.905. The van der Waals surface area contributed by atoms with Gasteiger partial charge in [0, 0.05) is 11.1 Å². The highest BCUT2D eigenvalue weighted by atomic mass is 19.1. The number of aromatic nitrogens is 2. The van der Waals surface area contributed by atoms with Crippen LogP contribution in [0, 0.1) is 57.0 Å². The van der Waals surface area contributed by atoms with E-state index in [1.807, 2.05) is 0 Å². The molecule has 1 heterocycles. The molecule has 0 amide bonds. The van der Waals surface area contributed by atoms with Crippen molar-refractivity contribution in [2.24, 2.45) is 0 Å². The lowest BCUT2D eigenvalue weighted by atomic mass is 10.0. The molecule has 6 nitrogen and oxygen atoms in total. The van der Waals surface area contributed by atoms with Crippen LogP contribution < -0.4 is 0 Å². The summed E-state index contributed by atoms with van der Waals surface area (Å²) in [7, 11) is 0. The Hall–Kier alpha value is -4.66. The highest BCUT2D eigenvalue weighted by Crippen LogP contribution is 2.26. The second-order valence-electron chi connectivity index (χ2n) is 5.50. The molecule has 0 saturated heterocycles. The quantitative estimate of drug-likeness (QED) is 0.681. The first-order valence-corrected chi connectivity index (χ1v) is 7.62. The van der Waals surface area contributed by atoms with Gasteiger partial charge in [-0.25, -0.2) is 8.78 Å². The van der Waals surface area contributed by atoms with Gasteiger partial charge in [0.05, 0.1) is 46.0 Å². The summed E-state index contributed by atoms with van der Waals surface area (Å²) in [6.07, 6.45) is 2.65. The third kappa shape index (κ3) is 3.10. The van der Waals surface area contributed by atoms with E-state index in [1.165, 1.54) is 36.7 Å². The summed E-state index contributed by atoms with van der Waals surface area (Å²) < 4.78 is 27.7. The van der Waals surface area contributed by atoms with E-state index in [1.54, 1.807) is 24.3 Å². The van der Waals surface area contributed by atoms with E-state index in [2.05, 4.69) is 9.97 Å². The number of hydrogen-bond donors (Lipinski definition) is 0. The van der Waals surface area contributed by atoms with Gasteiger partial charge >= 0.3 is 0 Å². The normalized spacial score (nSPS) is 9.64. The minimum absolute atomic E-state index is 0.278. The van der Waals surface area contributed by atoms with Crippen LogP contribution in [-0.2, 0) is 0 Å². The Morgan fingerprint density at radius 3 is 1.07 bits per heavy atom. The van der Waals surface area contributed by atoms with Gasteiger partial charge in [0.15, 0.2) is 11.6 Å². The van der Waals surface area contributed by atoms with Crippen LogP contribution in [0.25, 0.3) is 22.5 Å². The molecule has 8 heteroatoms. The molecule has 0 unspecified atom stereocenters. The second kappa shape index (κ2) is 7.30. The lowest BCUT2D eigenvalue weighted by Gasteiger charge is -2.06. The number of hydrogen-bond acceptors (Lipinski definition) is 6. The van der Waals surface area contributed by atoms with Crippen LogP contribution in [0.5, 0.6) is 0 Å². The maximum Gasteiger partial charge on any atom is 0.158 e. The maximum atomic E-state index is 13.9. The van der Waals surface area contributed by atoms with E-state index in [4.69, 9.17) is 21.0 Å². The predicted octanol–water partition coefficient (Wildman–Crippen LogP) is 3.58. The maximum absolute atomic E-state index is 13.9. The van der Waals surface area contributed by atoms with E-state index in [0.717, 1.165) is 0 Å². The molecule has 1 aromatic heterocycles. The summed E-state index contributed by atoms with van der Waals surface area (Å²) in [5.74, 6) is -1.81. The predicted molar refractivity (Wildman–Crippen MR) is 91.7 cm³/mol. The summed E-state index contributed by atoms with van der Waals surface area (Å²) >= 11 is 0. The van der Waals surface area contributed by atoms with Crippen LogP contribution in [-0.4, -0.2) is 9.97 Å². The molecule has 3 aromatic rings. The Kier molecular flexibility index (Phi) is 4.73. The standard InChI is InChI=1S/C20H6F2N6/c21-19-13(5-23)1-11(2-14(19)6-24)17-9-28-18(10-27-17)12-3-15(7-25)20(22)16(4-12)8-26/h1-4,9-10H. The summed E-state index contributed by atoms with van der Waals surface area (Å²) in [5, 5.41) is 36.0. The highest BCUT2D eigenvalue weighted by Gasteiger charge is 2.15. The van der Waals surface area contributed by atoms with Gasteiger partial charge < -0.3 is 0 Å². The van der Waals surface area contributed by atoms with E-state index in [9.17, 15) is 8.78 Å². The van der Waals surface area contributed by atoms with Crippen molar-refractivity contribution in [2.75, 3.05) is 0 Å². The molecule has 0 aliphatic carbocycles. The van der Waals surface area contributed by atoms with Gasteiger partial charge in [-0.15, -0.1) is 0 Å². The third-order valence-electron chi connectivity index (χ3n) is 3.87. The number of benzene rings is 2. The average molecular weight is 368 g/mol. The molecule has 0 atom stereocenters. The van der Waals surface area contributed by atoms with Crippen LogP contribution in [0.1, 0.15) is 22.3 Å². The van der Waals surface area contributed by atoms with Gasteiger partial charge in [0.1, 0.15) is 24.3 Å². The highest BCUT2D eigenvalue weighted by molar-refractivity contribution is 5.68. The zero-order valence-electron chi connectivity index (χ0n) is 13.9. The second-order valence-corrected chi connectivity index (χ2v) is 5.50. The fraction of sp³-hybridized carbons (Fsp3) is 0. The zero-order chi connectivity index (χ0) is 20.3. The number of halogens is 2. The fourth-order valence-electron chi connectivity index (χ4n) is 2.50. The molecule has 28 heavy (non-hydrogen) atoms. The van der Waals surface area contributed by atoms with Crippen molar-refractivity contribution in [3.8, 4) is 46.8 Å². The monoisotopic (exact) mass is 368 g/mol. The Labute approximate surface area is 157 Å². The molecule has 0 spiro atoms. The molecular weight excluding hydrogens is 362 g/mol. The Balaban J connectivity index is 2.07. The van der Waals surface area contributed by atoms with Gasteiger partial charge in [-0.2, -0.15) is 21.0 Å². The largest absolute Gasteiger partial charge is 0.252 e. The summed E-state index contributed by atoms with van der Waals surface area (Å²) in [6, 6.07) is 11.7. The van der Waals surface area contributed by atoms with Crippen molar-refractivity contribution < 1.29 is 8.78 Å². The molecule has 2 aromatic carbocycles. The van der Waals surface area contributed by atoms with E-state index in [0.29, 0.717) is 11.1 Å². The van der Waals surface area contributed by atoms with Crippen LogP contribution in [0.3, 0.4) is 0 Å². The van der Waals surface area contributed by atoms with Gasteiger partial charge in [-0.1, -0.05) is 0 Å². The van der Waals surface area contributed by atoms with Crippen LogP contribution in [0.4, 0.5) is 8.78 Å². The fourth-order valence-corrected chi connectivity index (χ4v) is 2.50. The lowest BCUT2D eigenvalue weighted by molar-refractivity contribution is 0.620. The van der Waals surface area contributed by atoms with E-state index >= 15 is 0 Å². The number of rotatable bonds is 2. The Morgan fingerprint density at radius 2 is 0.857 bits per heavy atom. The molecular formula is C20H6F2N6. The first kappa shape index (κ1) is 18.1. The van der Waals surface area contributed by atoms with Crippen LogP contribution in [0.15, 0.2) is 36.7 Å². The van der Waals surface area contributed by atoms with E-state index < -0.39 is 11.6 Å². The van der Waals surface area contributed by atoms with Gasteiger partial charge in [-0.05, 0) is 24.3 Å². The van der Waals surface area contributed by atoms with E-state index in [-0.39, 0.29) is 33.6 Å². The third-order valence-corrected chi connectivity index (χ3v) is 3.87. The molecule has 0 radical (unpaired) electrons. The Bertz CT molecular complexity index is 1100. The van der Waals surface area contributed by atoms with Crippen molar-refractivity contribution in [3.05, 3.63) is 70.5 Å². The molecule has 0 fully saturated rings. The van der Waals surface area contributed by atoms with Crippen molar-refractivity contribution in [1.82, 2.24) is 9.97 Å². The smallest absolute Gasteiger partial charge is 0.158 e. The van der Waals surface area contributed by atoms with Gasteiger partial charge in [0.25, 0.3) is 0 Å². The molecule has 0 saturated carbocycles. The molecule has 0 bridgehead atoms. The van der Waals surface area contributed by atoms with Crippen molar-refractivity contribution in [1.29, 1.82) is 21.0 Å². The van der Waals surface area contributed by atoms with Gasteiger partial charge in [-0.3, -0.25) is 9.97 Å².